The van der Waals surface area contributed by atoms with Crippen LogP contribution >= 0.6 is 0 Å². The molecule has 0 spiro atoms. The summed E-state index contributed by atoms with van der Waals surface area (Å²) in [5.41, 5.74) is 6.55. The molecule has 0 radical (unpaired) electrons. The average molecular weight is 574 g/mol. The van der Waals surface area contributed by atoms with Crippen molar-refractivity contribution >= 4 is 34.5 Å². The van der Waals surface area contributed by atoms with Gasteiger partial charge in [-0.25, -0.2) is 0 Å². The molecule has 1 atom stereocenters. The Labute approximate surface area is 242 Å². The van der Waals surface area contributed by atoms with Crippen molar-refractivity contribution in [2.45, 2.75) is 70.8 Å². The number of benzene rings is 1. The van der Waals surface area contributed by atoms with Crippen molar-refractivity contribution in [3.05, 3.63) is 30.0 Å². The highest BCUT2D eigenvalue weighted by molar-refractivity contribution is 5.95. The standard InChI is InChI=1S/C29H47N7O5/c1-2-12-31-13-6-7-14-32-17-11-26(39)33-15-4-3-5-16-34-29(41)23(19-25(30)38)36-27(40)18-21-20-35-22-9-8-10-24(37)28(21)22/h8-10,20,23,31-32,35,37H,2-7,11-19H2,1H3,(H2,30,38)(H,33,39)(H,34,41)(H,36,40)/t23-/m0/s1. The van der Waals surface area contributed by atoms with Crippen LogP contribution in [0.3, 0.4) is 0 Å². The zero-order chi connectivity index (χ0) is 29.9. The van der Waals surface area contributed by atoms with Gasteiger partial charge in [0.2, 0.25) is 23.6 Å². The minimum absolute atomic E-state index is 0.0169. The molecule has 1 heterocycles. The molecule has 0 aliphatic rings. The number of primary amides is 1. The quantitative estimate of drug-likeness (QED) is 0.0961. The Kier molecular flexibility index (Phi) is 15.9. The predicted molar refractivity (Wildman–Crippen MR) is 159 cm³/mol. The molecule has 2 aromatic rings. The molecule has 9 N–H and O–H groups in total. The summed E-state index contributed by atoms with van der Waals surface area (Å²) < 4.78 is 0. The maximum absolute atomic E-state index is 12.6. The third-order valence-corrected chi connectivity index (χ3v) is 6.56. The summed E-state index contributed by atoms with van der Waals surface area (Å²) in [6.45, 7) is 6.74. The number of nitrogens with two attached hydrogens (primary N) is 1. The number of carbonyl (C=O) groups is 4. The summed E-state index contributed by atoms with van der Waals surface area (Å²) in [5.74, 6) is -1.60. The van der Waals surface area contributed by atoms with E-state index in [-0.39, 0.29) is 24.5 Å². The molecular weight excluding hydrogens is 526 g/mol. The van der Waals surface area contributed by atoms with Gasteiger partial charge < -0.3 is 42.4 Å². The molecule has 12 heteroatoms. The van der Waals surface area contributed by atoms with Gasteiger partial charge in [0, 0.05) is 43.2 Å². The third-order valence-electron chi connectivity index (χ3n) is 6.56. The van der Waals surface area contributed by atoms with Gasteiger partial charge in [-0.2, -0.15) is 0 Å². The van der Waals surface area contributed by atoms with Gasteiger partial charge in [0.15, 0.2) is 0 Å². The SMILES string of the molecule is CCCNCCCCNCCC(=O)NCCCCCNC(=O)[C@H](CC(N)=O)NC(=O)Cc1c[nH]c2cccc(O)c12. The highest BCUT2D eigenvalue weighted by atomic mass is 16.3. The number of phenols is 1. The molecule has 2 rings (SSSR count). The average Bonchev–Trinajstić information content (AvgIpc) is 3.34. The van der Waals surface area contributed by atoms with Crippen molar-refractivity contribution in [2.75, 3.05) is 39.3 Å². The molecule has 0 aliphatic carbocycles. The Morgan fingerprint density at radius 3 is 2.27 bits per heavy atom. The van der Waals surface area contributed by atoms with E-state index in [9.17, 15) is 24.3 Å². The van der Waals surface area contributed by atoms with Gasteiger partial charge in [0.25, 0.3) is 0 Å². The van der Waals surface area contributed by atoms with Gasteiger partial charge in [-0.05, 0) is 75.9 Å². The summed E-state index contributed by atoms with van der Waals surface area (Å²) >= 11 is 0. The van der Waals surface area contributed by atoms with E-state index in [1.165, 1.54) is 6.07 Å². The first kappa shape index (κ1) is 33.6. The number of carbonyl (C=O) groups excluding carboxylic acids is 4. The number of H-pyrrole nitrogens is 1. The zero-order valence-corrected chi connectivity index (χ0v) is 24.2. The van der Waals surface area contributed by atoms with Gasteiger partial charge in [-0.15, -0.1) is 0 Å². The summed E-state index contributed by atoms with van der Waals surface area (Å²) in [6, 6.07) is 3.91. The predicted octanol–water partition coefficient (Wildman–Crippen LogP) is 0.938. The van der Waals surface area contributed by atoms with Crippen molar-refractivity contribution < 1.29 is 24.3 Å². The lowest BCUT2D eigenvalue weighted by Gasteiger charge is -2.17. The number of amides is 4. The molecule has 4 amide bonds. The van der Waals surface area contributed by atoms with Crippen LogP contribution in [0.25, 0.3) is 10.9 Å². The Balaban J connectivity index is 1.58. The molecule has 0 saturated carbocycles. The largest absolute Gasteiger partial charge is 0.507 e. The number of phenolic OH excluding ortho intramolecular Hbond substituents is 1. The van der Waals surface area contributed by atoms with Crippen LogP contribution in [-0.2, 0) is 25.6 Å². The fourth-order valence-corrected chi connectivity index (χ4v) is 4.41. The number of aromatic amines is 1. The van der Waals surface area contributed by atoms with E-state index < -0.39 is 23.8 Å². The Morgan fingerprint density at radius 2 is 1.56 bits per heavy atom. The normalized spacial score (nSPS) is 11.7. The van der Waals surface area contributed by atoms with Gasteiger partial charge in [-0.1, -0.05) is 13.0 Å². The van der Waals surface area contributed by atoms with Crippen molar-refractivity contribution in [3.8, 4) is 5.75 Å². The molecule has 0 unspecified atom stereocenters. The topological polar surface area (TPSA) is 190 Å². The first-order valence-corrected chi connectivity index (χ1v) is 14.6. The van der Waals surface area contributed by atoms with E-state index in [4.69, 9.17) is 5.73 Å². The molecule has 1 aromatic carbocycles. The van der Waals surface area contributed by atoms with E-state index in [1.807, 2.05) is 0 Å². The first-order chi connectivity index (χ1) is 19.8. The van der Waals surface area contributed by atoms with Crippen LogP contribution in [0, 0.1) is 0 Å². The van der Waals surface area contributed by atoms with Gasteiger partial charge in [0.1, 0.15) is 11.8 Å². The van der Waals surface area contributed by atoms with Crippen molar-refractivity contribution in [1.82, 2.24) is 31.6 Å². The second-order valence-corrected chi connectivity index (χ2v) is 10.1. The number of hydrogen-bond acceptors (Lipinski definition) is 7. The molecule has 228 valence electrons. The molecule has 0 aliphatic heterocycles. The van der Waals surface area contributed by atoms with E-state index >= 15 is 0 Å². The minimum Gasteiger partial charge on any atom is -0.507 e. The van der Waals surface area contributed by atoms with E-state index in [2.05, 4.69) is 38.5 Å². The Hall–Kier alpha value is -3.64. The maximum Gasteiger partial charge on any atom is 0.243 e. The second-order valence-electron chi connectivity index (χ2n) is 10.1. The van der Waals surface area contributed by atoms with Crippen LogP contribution in [0.1, 0.15) is 63.9 Å². The molecule has 12 nitrogen and oxygen atoms in total. The number of nitrogens with one attached hydrogen (secondary N) is 6. The molecule has 0 bridgehead atoms. The minimum atomic E-state index is -1.09. The maximum atomic E-state index is 12.6. The fourth-order valence-electron chi connectivity index (χ4n) is 4.41. The van der Waals surface area contributed by atoms with Crippen LogP contribution in [0.5, 0.6) is 5.75 Å². The highest BCUT2D eigenvalue weighted by Crippen LogP contribution is 2.27. The smallest absolute Gasteiger partial charge is 0.243 e. The number of aromatic hydroxyl groups is 1. The van der Waals surface area contributed by atoms with Gasteiger partial charge >= 0.3 is 0 Å². The number of fused-ring (bicyclic) bond motifs is 1. The van der Waals surface area contributed by atoms with Crippen LogP contribution in [0.15, 0.2) is 24.4 Å². The zero-order valence-electron chi connectivity index (χ0n) is 24.2. The monoisotopic (exact) mass is 573 g/mol. The summed E-state index contributed by atoms with van der Waals surface area (Å²) in [5, 5.41) is 25.6. The van der Waals surface area contributed by atoms with Crippen molar-refractivity contribution in [2.24, 2.45) is 5.73 Å². The third kappa shape index (κ3) is 13.5. The molecule has 0 fully saturated rings. The van der Waals surface area contributed by atoms with Gasteiger partial charge in [-0.3, -0.25) is 19.2 Å². The number of aromatic nitrogens is 1. The Morgan fingerprint density at radius 1 is 0.878 bits per heavy atom. The summed E-state index contributed by atoms with van der Waals surface area (Å²) in [4.78, 5) is 51.7. The lowest BCUT2D eigenvalue weighted by molar-refractivity contribution is -0.131. The molecule has 41 heavy (non-hydrogen) atoms. The molecule has 1 aromatic heterocycles. The second kappa shape index (κ2) is 19.4. The molecule has 0 saturated heterocycles. The number of unbranched alkanes of at least 4 members (excludes halogenated alkanes) is 3. The van der Waals surface area contributed by atoms with E-state index in [0.29, 0.717) is 48.9 Å². The summed E-state index contributed by atoms with van der Waals surface area (Å²) in [7, 11) is 0. The van der Waals surface area contributed by atoms with Crippen molar-refractivity contribution in [1.29, 1.82) is 0 Å². The molecular formula is C29H47N7O5. The number of hydrogen-bond donors (Lipinski definition) is 8. The van der Waals surface area contributed by atoms with E-state index in [1.54, 1.807) is 18.3 Å². The Bertz CT molecular complexity index is 1100. The van der Waals surface area contributed by atoms with Crippen LogP contribution in [-0.4, -0.2) is 79.0 Å². The lowest BCUT2D eigenvalue weighted by Crippen LogP contribution is -2.49. The first-order valence-electron chi connectivity index (χ1n) is 14.6. The van der Waals surface area contributed by atoms with Gasteiger partial charge in [0.05, 0.1) is 12.8 Å². The lowest BCUT2D eigenvalue weighted by atomic mass is 10.1. The van der Waals surface area contributed by atoms with E-state index in [0.717, 1.165) is 51.7 Å². The number of rotatable bonds is 22. The van der Waals surface area contributed by atoms with Crippen LogP contribution in [0.4, 0.5) is 0 Å². The highest BCUT2D eigenvalue weighted by Gasteiger charge is 2.23. The van der Waals surface area contributed by atoms with Crippen LogP contribution < -0.4 is 32.3 Å². The van der Waals surface area contributed by atoms with Crippen LogP contribution in [0.2, 0.25) is 0 Å². The van der Waals surface area contributed by atoms with Crippen molar-refractivity contribution in [3.63, 3.8) is 0 Å². The summed E-state index contributed by atoms with van der Waals surface area (Å²) in [6.07, 6.45) is 7.26. The fraction of sp³-hybridized carbons (Fsp3) is 0.586.